The van der Waals surface area contributed by atoms with Crippen LogP contribution in [0, 0.1) is 5.41 Å². The summed E-state index contributed by atoms with van der Waals surface area (Å²) >= 11 is 0. The van der Waals surface area contributed by atoms with Gasteiger partial charge in [0.25, 0.3) is 0 Å². The van der Waals surface area contributed by atoms with Crippen molar-refractivity contribution in [2.75, 3.05) is 13.2 Å². The number of hydrogen-bond donors (Lipinski definition) is 3. The van der Waals surface area contributed by atoms with Gasteiger partial charge >= 0.3 is 0 Å². The number of rotatable bonds is 6. The van der Waals surface area contributed by atoms with E-state index in [0.717, 1.165) is 25.9 Å². The molecule has 110 valence electrons. The van der Waals surface area contributed by atoms with Crippen LogP contribution in [-0.2, 0) is 9.53 Å². The minimum Gasteiger partial charge on any atom is -0.409 e. The fourth-order valence-corrected chi connectivity index (χ4v) is 1.96. The lowest BCUT2D eigenvalue weighted by atomic mass is 9.92. The number of amidine groups is 1. The topological polar surface area (TPSA) is 96.9 Å². The van der Waals surface area contributed by atoms with Gasteiger partial charge in [-0.2, -0.15) is 0 Å². The standard InChI is InChI=1S/C13H25N3O3/c1-13(2,12(14)16-18)9-15-11(17)7-6-10-5-3-4-8-19-10/h10,18H,3-9H2,1-2H3,(H2,14,16)(H,15,17). The molecule has 1 saturated heterocycles. The molecular weight excluding hydrogens is 246 g/mol. The number of nitrogens with two attached hydrogens (primary N) is 1. The molecule has 1 unspecified atom stereocenters. The van der Waals surface area contributed by atoms with Gasteiger partial charge in [-0.05, 0) is 25.7 Å². The molecule has 1 amide bonds. The fourth-order valence-electron chi connectivity index (χ4n) is 1.96. The quantitative estimate of drug-likeness (QED) is 0.293. The third kappa shape index (κ3) is 5.46. The zero-order valence-corrected chi connectivity index (χ0v) is 11.8. The maximum Gasteiger partial charge on any atom is 0.220 e. The van der Waals surface area contributed by atoms with E-state index in [2.05, 4.69) is 10.5 Å². The number of nitrogens with zero attached hydrogens (tertiary/aromatic N) is 1. The van der Waals surface area contributed by atoms with Crippen molar-refractivity contribution < 1.29 is 14.7 Å². The number of carbonyl (C=O) groups is 1. The molecule has 1 aliphatic heterocycles. The van der Waals surface area contributed by atoms with Gasteiger partial charge in [0.1, 0.15) is 5.84 Å². The summed E-state index contributed by atoms with van der Waals surface area (Å²) < 4.78 is 5.58. The summed E-state index contributed by atoms with van der Waals surface area (Å²) in [7, 11) is 0. The highest BCUT2D eigenvalue weighted by atomic mass is 16.5. The van der Waals surface area contributed by atoms with Crippen LogP contribution in [0.1, 0.15) is 46.0 Å². The third-order valence-corrected chi connectivity index (χ3v) is 3.50. The molecule has 0 aromatic heterocycles. The average molecular weight is 271 g/mol. The molecule has 0 radical (unpaired) electrons. The normalized spacial score (nSPS) is 21.2. The van der Waals surface area contributed by atoms with Crippen molar-refractivity contribution in [3.63, 3.8) is 0 Å². The van der Waals surface area contributed by atoms with Gasteiger partial charge in [-0.25, -0.2) is 0 Å². The van der Waals surface area contributed by atoms with Gasteiger partial charge in [-0.1, -0.05) is 19.0 Å². The van der Waals surface area contributed by atoms with E-state index >= 15 is 0 Å². The van der Waals surface area contributed by atoms with Crippen LogP contribution in [0.2, 0.25) is 0 Å². The molecule has 0 bridgehead atoms. The maximum atomic E-state index is 11.7. The number of carbonyl (C=O) groups excluding carboxylic acids is 1. The zero-order valence-electron chi connectivity index (χ0n) is 11.8. The minimum atomic E-state index is -0.550. The van der Waals surface area contributed by atoms with Crippen molar-refractivity contribution in [1.82, 2.24) is 5.32 Å². The zero-order chi connectivity index (χ0) is 14.3. The lowest BCUT2D eigenvalue weighted by molar-refractivity contribution is -0.122. The summed E-state index contributed by atoms with van der Waals surface area (Å²) in [4.78, 5) is 11.7. The second-order valence-electron chi connectivity index (χ2n) is 5.67. The Labute approximate surface area is 114 Å². The number of amides is 1. The summed E-state index contributed by atoms with van der Waals surface area (Å²) in [6.45, 7) is 4.79. The van der Waals surface area contributed by atoms with Crippen molar-refractivity contribution in [2.45, 2.75) is 52.1 Å². The summed E-state index contributed by atoms with van der Waals surface area (Å²) in [6, 6.07) is 0. The third-order valence-electron chi connectivity index (χ3n) is 3.50. The number of nitrogens with one attached hydrogen (secondary N) is 1. The molecule has 0 aromatic rings. The Balaban J connectivity index is 2.24. The van der Waals surface area contributed by atoms with E-state index < -0.39 is 5.41 Å². The van der Waals surface area contributed by atoms with Crippen LogP contribution in [0.15, 0.2) is 5.16 Å². The van der Waals surface area contributed by atoms with E-state index in [1.807, 2.05) is 13.8 Å². The SMILES string of the molecule is CC(C)(CNC(=O)CCC1CCCCO1)C(N)=NO. The molecule has 1 rings (SSSR count). The molecule has 19 heavy (non-hydrogen) atoms. The molecule has 1 atom stereocenters. The van der Waals surface area contributed by atoms with Gasteiger partial charge in [0, 0.05) is 25.0 Å². The first-order valence-electron chi connectivity index (χ1n) is 6.82. The minimum absolute atomic E-state index is 0.0204. The summed E-state index contributed by atoms with van der Waals surface area (Å²) in [5.74, 6) is 0.0939. The van der Waals surface area contributed by atoms with E-state index in [0.29, 0.717) is 13.0 Å². The average Bonchev–Trinajstić information content (AvgIpc) is 2.43. The number of hydrogen-bond acceptors (Lipinski definition) is 4. The van der Waals surface area contributed by atoms with Gasteiger partial charge in [0.2, 0.25) is 5.91 Å². The lowest BCUT2D eigenvalue weighted by Gasteiger charge is -2.24. The molecule has 0 aliphatic carbocycles. The number of ether oxygens (including phenoxy) is 1. The van der Waals surface area contributed by atoms with Gasteiger partial charge in [0.05, 0.1) is 6.10 Å². The Morgan fingerprint density at radius 2 is 2.26 bits per heavy atom. The molecule has 1 heterocycles. The molecule has 0 aromatic carbocycles. The predicted octanol–water partition coefficient (Wildman–Crippen LogP) is 1.22. The highest BCUT2D eigenvalue weighted by molar-refractivity contribution is 5.86. The Hall–Kier alpha value is -1.30. The second-order valence-corrected chi connectivity index (χ2v) is 5.67. The van der Waals surface area contributed by atoms with Crippen molar-refractivity contribution in [3.05, 3.63) is 0 Å². The van der Waals surface area contributed by atoms with Crippen LogP contribution < -0.4 is 11.1 Å². The molecule has 6 heteroatoms. The molecular formula is C13H25N3O3. The largest absolute Gasteiger partial charge is 0.409 e. The first kappa shape index (κ1) is 15.8. The van der Waals surface area contributed by atoms with Gasteiger partial charge in [-0.3, -0.25) is 4.79 Å². The van der Waals surface area contributed by atoms with Crippen LogP contribution in [0.5, 0.6) is 0 Å². The first-order chi connectivity index (χ1) is 8.95. The smallest absolute Gasteiger partial charge is 0.220 e. The molecule has 4 N–H and O–H groups in total. The van der Waals surface area contributed by atoms with Gasteiger partial charge in [-0.15, -0.1) is 0 Å². The first-order valence-corrected chi connectivity index (χ1v) is 6.82. The van der Waals surface area contributed by atoms with Gasteiger partial charge < -0.3 is 21.0 Å². The van der Waals surface area contributed by atoms with Crippen LogP contribution >= 0.6 is 0 Å². The molecule has 6 nitrogen and oxygen atoms in total. The summed E-state index contributed by atoms with van der Waals surface area (Å²) in [5, 5.41) is 14.4. The van der Waals surface area contributed by atoms with E-state index in [1.54, 1.807) is 0 Å². The van der Waals surface area contributed by atoms with Crippen LogP contribution in [0.25, 0.3) is 0 Å². The fraction of sp³-hybridized carbons (Fsp3) is 0.846. The van der Waals surface area contributed by atoms with E-state index in [-0.39, 0.29) is 17.8 Å². The summed E-state index contributed by atoms with van der Waals surface area (Å²) in [5.41, 5.74) is 5.01. The Morgan fingerprint density at radius 3 is 2.84 bits per heavy atom. The summed E-state index contributed by atoms with van der Waals surface area (Å²) in [6.07, 6.45) is 4.78. The van der Waals surface area contributed by atoms with Crippen molar-refractivity contribution in [1.29, 1.82) is 0 Å². The molecule has 0 spiro atoms. The molecule has 1 aliphatic rings. The molecule has 1 fully saturated rings. The van der Waals surface area contributed by atoms with Gasteiger partial charge in [0.15, 0.2) is 0 Å². The van der Waals surface area contributed by atoms with E-state index in [4.69, 9.17) is 15.7 Å². The Bertz CT molecular complexity index is 323. The van der Waals surface area contributed by atoms with E-state index in [1.165, 1.54) is 6.42 Å². The lowest BCUT2D eigenvalue weighted by Crippen LogP contribution is -2.42. The molecule has 0 saturated carbocycles. The van der Waals surface area contributed by atoms with Crippen molar-refractivity contribution in [2.24, 2.45) is 16.3 Å². The van der Waals surface area contributed by atoms with Crippen molar-refractivity contribution in [3.8, 4) is 0 Å². The Kier molecular flexibility index (Phi) is 6.08. The van der Waals surface area contributed by atoms with Crippen LogP contribution in [0.3, 0.4) is 0 Å². The van der Waals surface area contributed by atoms with Crippen LogP contribution in [0.4, 0.5) is 0 Å². The predicted molar refractivity (Wildman–Crippen MR) is 73.0 cm³/mol. The highest BCUT2D eigenvalue weighted by Gasteiger charge is 2.24. The Morgan fingerprint density at radius 1 is 1.53 bits per heavy atom. The number of oxime groups is 1. The van der Waals surface area contributed by atoms with E-state index in [9.17, 15) is 4.79 Å². The highest BCUT2D eigenvalue weighted by Crippen LogP contribution is 2.17. The monoisotopic (exact) mass is 271 g/mol. The van der Waals surface area contributed by atoms with Crippen molar-refractivity contribution >= 4 is 11.7 Å². The van der Waals surface area contributed by atoms with Crippen LogP contribution in [-0.4, -0.2) is 36.2 Å². The maximum absolute atomic E-state index is 11.7. The second kappa shape index (κ2) is 7.33.